The maximum atomic E-state index is 12.5. The van der Waals surface area contributed by atoms with Crippen LogP contribution in [0.4, 0.5) is 0 Å². The fraction of sp³-hybridized carbons (Fsp3) is 0.750. The SMILES string of the molecule is C[C@@H]1C[C@H]1C(=O)N1CCC2(CCCC2CNC(=O)Cc2ccon2)CC1. The summed E-state index contributed by atoms with van der Waals surface area (Å²) < 4.78 is 4.78. The van der Waals surface area contributed by atoms with Crippen molar-refractivity contribution in [2.75, 3.05) is 19.6 Å². The van der Waals surface area contributed by atoms with E-state index in [2.05, 4.69) is 22.3 Å². The maximum Gasteiger partial charge on any atom is 0.226 e. The van der Waals surface area contributed by atoms with E-state index in [1.54, 1.807) is 6.07 Å². The van der Waals surface area contributed by atoms with Crippen molar-refractivity contribution in [3.05, 3.63) is 18.0 Å². The van der Waals surface area contributed by atoms with E-state index < -0.39 is 0 Å². The van der Waals surface area contributed by atoms with Crippen molar-refractivity contribution in [1.82, 2.24) is 15.4 Å². The van der Waals surface area contributed by atoms with Gasteiger partial charge in [-0.15, -0.1) is 0 Å². The van der Waals surface area contributed by atoms with E-state index in [1.807, 2.05) is 0 Å². The Hall–Kier alpha value is -1.85. The van der Waals surface area contributed by atoms with Gasteiger partial charge in [-0.2, -0.15) is 0 Å². The molecule has 1 aromatic heterocycles. The minimum absolute atomic E-state index is 0.0104. The standard InChI is InChI=1S/C20H29N3O3/c1-14-11-17(14)19(25)23-8-6-20(7-9-23)5-2-3-15(20)13-21-18(24)12-16-4-10-26-22-16/h4,10,14-15,17H,2-3,5-9,11-13H2,1H3,(H,21,24)/t14-,15?,17-/m1/s1. The van der Waals surface area contributed by atoms with Gasteiger partial charge in [0.15, 0.2) is 0 Å². The van der Waals surface area contributed by atoms with Gasteiger partial charge in [0, 0.05) is 31.6 Å². The molecule has 142 valence electrons. The van der Waals surface area contributed by atoms with Crippen LogP contribution in [0.3, 0.4) is 0 Å². The number of likely N-dealkylation sites (tertiary alicyclic amines) is 1. The Morgan fingerprint density at radius 1 is 1.35 bits per heavy atom. The van der Waals surface area contributed by atoms with E-state index >= 15 is 0 Å². The van der Waals surface area contributed by atoms with Gasteiger partial charge in [0.1, 0.15) is 6.26 Å². The fourth-order valence-electron chi connectivity index (χ4n) is 5.05. The highest BCUT2D eigenvalue weighted by molar-refractivity contribution is 5.81. The highest BCUT2D eigenvalue weighted by Gasteiger charge is 2.47. The minimum Gasteiger partial charge on any atom is -0.364 e. The highest BCUT2D eigenvalue weighted by atomic mass is 16.5. The molecule has 26 heavy (non-hydrogen) atoms. The number of carbonyl (C=O) groups excluding carboxylic acids is 2. The van der Waals surface area contributed by atoms with Gasteiger partial charge in [0.05, 0.1) is 12.1 Å². The topological polar surface area (TPSA) is 75.4 Å². The van der Waals surface area contributed by atoms with Crippen LogP contribution in [-0.4, -0.2) is 41.5 Å². The monoisotopic (exact) mass is 359 g/mol. The molecule has 2 aliphatic carbocycles. The number of aromatic nitrogens is 1. The summed E-state index contributed by atoms with van der Waals surface area (Å²) in [7, 11) is 0. The van der Waals surface area contributed by atoms with Gasteiger partial charge in [-0.3, -0.25) is 9.59 Å². The van der Waals surface area contributed by atoms with Crippen molar-refractivity contribution >= 4 is 11.8 Å². The number of nitrogens with zero attached hydrogens (tertiary/aromatic N) is 2. The Morgan fingerprint density at radius 3 is 2.77 bits per heavy atom. The number of hydrogen-bond acceptors (Lipinski definition) is 4. The third-order valence-corrected chi connectivity index (χ3v) is 6.97. The van der Waals surface area contributed by atoms with Crippen LogP contribution in [0.25, 0.3) is 0 Å². The van der Waals surface area contributed by atoms with Crippen LogP contribution in [0.5, 0.6) is 0 Å². The molecule has 1 saturated heterocycles. The Kier molecular flexibility index (Phi) is 4.76. The molecule has 2 saturated carbocycles. The molecule has 1 unspecified atom stereocenters. The molecular weight excluding hydrogens is 330 g/mol. The van der Waals surface area contributed by atoms with Gasteiger partial charge >= 0.3 is 0 Å². The lowest BCUT2D eigenvalue weighted by Crippen LogP contribution is -2.47. The number of piperidine rings is 1. The van der Waals surface area contributed by atoms with Gasteiger partial charge in [-0.05, 0) is 49.4 Å². The summed E-state index contributed by atoms with van der Waals surface area (Å²) in [5.41, 5.74) is 0.984. The molecule has 0 radical (unpaired) electrons. The molecule has 2 heterocycles. The van der Waals surface area contributed by atoms with E-state index in [9.17, 15) is 9.59 Å². The zero-order valence-corrected chi connectivity index (χ0v) is 15.6. The second-order valence-electron chi connectivity index (χ2n) is 8.57. The van der Waals surface area contributed by atoms with Gasteiger partial charge in [-0.25, -0.2) is 0 Å². The van der Waals surface area contributed by atoms with Crippen LogP contribution in [0.15, 0.2) is 16.9 Å². The first-order valence-corrected chi connectivity index (χ1v) is 10.0. The van der Waals surface area contributed by atoms with Gasteiger partial charge in [0.2, 0.25) is 11.8 Å². The van der Waals surface area contributed by atoms with Crippen molar-refractivity contribution in [1.29, 1.82) is 0 Å². The Labute approximate surface area is 154 Å². The molecule has 3 fully saturated rings. The molecule has 1 aromatic rings. The Bertz CT molecular complexity index is 649. The minimum atomic E-state index is 0.0104. The zero-order valence-electron chi connectivity index (χ0n) is 15.6. The predicted octanol–water partition coefficient (Wildman–Crippen LogP) is 2.40. The van der Waals surface area contributed by atoms with Crippen molar-refractivity contribution in [2.24, 2.45) is 23.2 Å². The normalized spacial score (nSPS) is 29.7. The summed E-state index contributed by atoms with van der Waals surface area (Å²) in [6.45, 7) is 4.70. The van der Waals surface area contributed by atoms with Crippen molar-refractivity contribution in [2.45, 2.75) is 51.9 Å². The van der Waals surface area contributed by atoms with Crippen LogP contribution in [0.2, 0.25) is 0 Å². The highest BCUT2D eigenvalue weighted by Crippen LogP contribution is 2.51. The average Bonchev–Trinajstić information content (AvgIpc) is 3.00. The molecular formula is C20H29N3O3. The van der Waals surface area contributed by atoms with E-state index in [-0.39, 0.29) is 12.3 Å². The molecule has 2 amide bonds. The number of carbonyl (C=O) groups is 2. The quantitative estimate of drug-likeness (QED) is 0.876. The summed E-state index contributed by atoms with van der Waals surface area (Å²) >= 11 is 0. The summed E-state index contributed by atoms with van der Waals surface area (Å²) in [5, 5.41) is 6.90. The van der Waals surface area contributed by atoms with Crippen LogP contribution in [0, 0.1) is 23.2 Å². The van der Waals surface area contributed by atoms with E-state index in [1.165, 1.54) is 25.5 Å². The van der Waals surface area contributed by atoms with Crippen LogP contribution >= 0.6 is 0 Å². The molecule has 3 aliphatic rings. The van der Waals surface area contributed by atoms with Crippen molar-refractivity contribution in [3.8, 4) is 0 Å². The van der Waals surface area contributed by atoms with E-state index in [0.29, 0.717) is 34.8 Å². The largest absolute Gasteiger partial charge is 0.364 e. The first kappa shape index (κ1) is 17.6. The van der Waals surface area contributed by atoms with Gasteiger partial charge in [0.25, 0.3) is 0 Å². The Morgan fingerprint density at radius 2 is 2.12 bits per heavy atom. The van der Waals surface area contributed by atoms with Crippen LogP contribution in [0.1, 0.15) is 51.1 Å². The third-order valence-electron chi connectivity index (χ3n) is 6.97. The molecule has 1 spiro atoms. The molecule has 0 aromatic carbocycles. The van der Waals surface area contributed by atoms with Crippen LogP contribution in [-0.2, 0) is 16.0 Å². The number of rotatable bonds is 5. The lowest BCUT2D eigenvalue weighted by Gasteiger charge is -2.43. The van der Waals surface area contributed by atoms with Gasteiger partial charge < -0.3 is 14.7 Å². The molecule has 6 heteroatoms. The molecule has 3 atom stereocenters. The number of amides is 2. The summed E-state index contributed by atoms with van der Waals surface area (Å²) in [4.78, 5) is 26.7. The zero-order chi connectivity index (χ0) is 18.1. The molecule has 6 nitrogen and oxygen atoms in total. The van der Waals surface area contributed by atoms with Crippen molar-refractivity contribution in [3.63, 3.8) is 0 Å². The predicted molar refractivity (Wildman–Crippen MR) is 96.1 cm³/mol. The second kappa shape index (κ2) is 7.05. The molecule has 0 bridgehead atoms. The third kappa shape index (κ3) is 3.51. The lowest BCUT2D eigenvalue weighted by atomic mass is 9.70. The second-order valence-corrected chi connectivity index (χ2v) is 8.57. The summed E-state index contributed by atoms with van der Waals surface area (Å²) in [6.07, 6.45) is 8.66. The maximum absolute atomic E-state index is 12.5. The first-order chi connectivity index (χ1) is 12.6. The average molecular weight is 359 g/mol. The van der Waals surface area contributed by atoms with Crippen LogP contribution < -0.4 is 5.32 Å². The Balaban J connectivity index is 1.28. The number of nitrogens with one attached hydrogen (secondary N) is 1. The van der Waals surface area contributed by atoms with Crippen molar-refractivity contribution < 1.29 is 14.1 Å². The molecule has 4 rings (SSSR count). The van der Waals surface area contributed by atoms with Gasteiger partial charge in [-0.1, -0.05) is 18.5 Å². The fourth-order valence-corrected chi connectivity index (χ4v) is 5.05. The lowest BCUT2D eigenvalue weighted by molar-refractivity contribution is -0.135. The summed E-state index contributed by atoms with van der Waals surface area (Å²) in [5.74, 6) is 1.79. The molecule has 1 N–H and O–H groups in total. The van der Waals surface area contributed by atoms with E-state index in [0.717, 1.165) is 38.9 Å². The molecule has 1 aliphatic heterocycles. The number of hydrogen-bond donors (Lipinski definition) is 1. The first-order valence-electron chi connectivity index (χ1n) is 10.0. The summed E-state index contributed by atoms with van der Waals surface area (Å²) in [6, 6.07) is 1.73. The van der Waals surface area contributed by atoms with E-state index in [4.69, 9.17) is 4.52 Å². The smallest absolute Gasteiger partial charge is 0.226 e.